The van der Waals surface area contributed by atoms with Gasteiger partial charge in [0.1, 0.15) is 0 Å². The minimum absolute atomic E-state index is 0.845. The van der Waals surface area contributed by atoms with Crippen LogP contribution in [0.5, 0.6) is 0 Å². The first-order valence-corrected chi connectivity index (χ1v) is 7.93. The van der Waals surface area contributed by atoms with Gasteiger partial charge in [0, 0.05) is 17.4 Å². The molecule has 0 fully saturated rings. The molecule has 1 N–H and O–H groups in total. The molecular formula is C16H19N3S. The maximum atomic E-state index is 4.62. The summed E-state index contributed by atoms with van der Waals surface area (Å²) in [6.45, 7) is 4.92. The number of thiophene rings is 1. The van der Waals surface area contributed by atoms with E-state index in [9.17, 15) is 0 Å². The highest BCUT2D eigenvalue weighted by Gasteiger charge is 2.05. The fraction of sp³-hybridized carbons (Fsp3) is 0.312. The van der Waals surface area contributed by atoms with E-state index in [-0.39, 0.29) is 0 Å². The van der Waals surface area contributed by atoms with Crippen LogP contribution in [-0.2, 0) is 13.1 Å². The molecule has 3 aromatic rings. The molecular weight excluding hydrogens is 266 g/mol. The zero-order chi connectivity index (χ0) is 13.8. The van der Waals surface area contributed by atoms with Crippen LogP contribution in [0.25, 0.3) is 10.1 Å². The largest absolute Gasteiger partial charge is 0.311 e. The lowest BCUT2D eigenvalue weighted by molar-refractivity contribution is 0.630. The number of hydrogen-bond acceptors (Lipinski definition) is 3. The van der Waals surface area contributed by atoms with Crippen LogP contribution in [0.15, 0.2) is 41.9 Å². The molecule has 0 saturated carbocycles. The Kier molecular flexibility index (Phi) is 4.14. The molecule has 0 amide bonds. The highest BCUT2D eigenvalue weighted by molar-refractivity contribution is 7.17. The minimum atomic E-state index is 0.845. The maximum Gasteiger partial charge on any atom is 0.0762 e. The highest BCUT2D eigenvalue weighted by Crippen LogP contribution is 2.26. The number of benzene rings is 1. The Morgan fingerprint density at radius 2 is 2.15 bits per heavy atom. The van der Waals surface area contributed by atoms with Gasteiger partial charge in [0.05, 0.1) is 12.2 Å². The number of rotatable bonds is 6. The molecule has 0 unspecified atom stereocenters. The van der Waals surface area contributed by atoms with Crippen molar-refractivity contribution in [2.75, 3.05) is 6.54 Å². The Balaban J connectivity index is 1.71. The third-order valence-electron chi connectivity index (χ3n) is 3.32. The van der Waals surface area contributed by atoms with Crippen LogP contribution in [0.3, 0.4) is 0 Å². The van der Waals surface area contributed by atoms with Gasteiger partial charge >= 0.3 is 0 Å². The predicted molar refractivity (Wildman–Crippen MR) is 85.2 cm³/mol. The molecule has 0 aliphatic rings. The van der Waals surface area contributed by atoms with Gasteiger partial charge in [-0.15, -0.1) is 11.3 Å². The van der Waals surface area contributed by atoms with Gasteiger partial charge in [-0.2, -0.15) is 5.10 Å². The lowest BCUT2D eigenvalue weighted by Crippen LogP contribution is -2.14. The summed E-state index contributed by atoms with van der Waals surface area (Å²) >= 11 is 1.80. The molecule has 2 heterocycles. The van der Waals surface area contributed by atoms with Crippen LogP contribution in [0.4, 0.5) is 0 Å². The van der Waals surface area contributed by atoms with Gasteiger partial charge in [0.15, 0.2) is 0 Å². The van der Waals surface area contributed by atoms with Crippen LogP contribution in [0.1, 0.15) is 24.6 Å². The van der Waals surface area contributed by atoms with Gasteiger partial charge < -0.3 is 5.32 Å². The average molecular weight is 285 g/mol. The molecule has 0 spiro atoms. The Labute approximate surface area is 123 Å². The summed E-state index contributed by atoms with van der Waals surface area (Å²) in [6.07, 6.45) is 3.22. The molecule has 0 aliphatic carbocycles. The molecule has 104 valence electrons. The summed E-state index contributed by atoms with van der Waals surface area (Å²) in [5.41, 5.74) is 2.46. The SMILES string of the molecule is CCCNCc1ccn(Cc2csc3ccccc23)n1. The topological polar surface area (TPSA) is 29.9 Å². The molecule has 4 heteroatoms. The van der Waals surface area contributed by atoms with Crippen LogP contribution in [-0.4, -0.2) is 16.3 Å². The summed E-state index contributed by atoms with van der Waals surface area (Å²) in [7, 11) is 0. The van der Waals surface area contributed by atoms with E-state index in [4.69, 9.17) is 0 Å². The average Bonchev–Trinajstić information content (AvgIpc) is 3.08. The first-order chi connectivity index (χ1) is 9.86. The zero-order valence-corrected chi connectivity index (χ0v) is 12.5. The van der Waals surface area contributed by atoms with E-state index in [1.807, 2.05) is 4.68 Å². The van der Waals surface area contributed by atoms with Gasteiger partial charge in [0.2, 0.25) is 0 Å². The van der Waals surface area contributed by atoms with Gasteiger partial charge in [-0.05, 0) is 41.4 Å². The van der Waals surface area contributed by atoms with Gasteiger partial charge in [-0.3, -0.25) is 4.68 Å². The van der Waals surface area contributed by atoms with Crippen LogP contribution in [0, 0.1) is 0 Å². The molecule has 0 aliphatic heterocycles. The van der Waals surface area contributed by atoms with Crippen molar-refractivity contribution in [3.63, 3.8) is 0 Å². The van der Waals surface area contributed by atoms with E-state index in [1.54, 1.807) is 11.3 Å². The van der Waals surface area contributed by atoms with Crippen molar-refractivity contribution in [3.8, 4) is 0 Å². The van der Waals surface area contributed by atoms with Crippen molar-refractivity contribution in [2.24, 2.45) is 0 Å². The lowest BCUT2D eigenvalue weighted by atomic mass is 10.2. The molecule has 0 saturated heterocycles. The first-order valence-electron chi connectivity index (χ1n) is 7.05. The Morgan fingerprint density at radius 1 is 1.25 bits per heavy atom. The molecule has 20 heavy (non-hydrogen) atoms. The second-order valence-corrected chi connectivity index (χ2v) is 5.85. The van der Waals surface area contributed by atoms with Crippen LogP contribution in [0.2, 0.25) is 0 Å². The summed E-state index contributed by atoms with van der Waals surface area (Å²) in [5.74, 6) is 0. The molecule has 0 atom stereocenters. The summed E-state index contributed by atoms with van der Waals surface area (Å²) in [5, 5.41) is 11.6. The van der Waals surface area contributed by atoms with Crippen molar-refractivity contribution in [3.05, 3.63) is 53.2 Å². The zero-order valence-electron chi connectivity index (χ0n) is 11.7. The molecule has 2 aromatic heterocycles. The smallest absolute Gasteiger partial charge is 0.0762 e. The Hall–Kier alpha value is -1.65. The minimum Gasteiger partial charge on any atom is -0.311 e. The third kappa shape index (κ3) is 2.92. The van der Waals surface area contributed by atoms with E-state index in [2.05, 4.69) is 59.2 Å². The number of aromatic nitrogens is 2. The molecule has 0 radical (unpaired) electrons. The van der Waals surface area contributed by atoms with Crippen molar-refractivity contribution >= 4 is 21.4 Å². The van der Waals surface area contributed by atoms with Crippen LogP contribution >= 0.6 is 11.3 Å². The Morgan fingerprint density at radius 3 is 3.05 bits per heavy atom. The third-order valence-corrected chi connectivity index (χ3v) is 4.33. The highest BCUT2D eigenvalue weighted by atomic mass is 32.1. The number of nitrogens with one attached hydrogen (secondary N) is 1. The van der Waals surface area contributed by atoms with Crippen molar-refractivity contribution in [2.45, 2.75) is 26.4 Å². The monoisotopic (exact) mass is 285 g/mol. The number of hydrogen-bond donors (Lipinski definition) is 1. The standard InChI is InChI=1S/C16H19N3S/c1-2-8-17-10-14-7-9-19(18-14)11-13-12-20-16-6-4-3-5-15(13)16/h3-7,9,12,17H,2,8,10-11H2,1H3. The lowest BCUT2D eigenvalue weighted by Gasteiger charge is -2.01. The van der Waals surface area contributed by atoms with Crippen LogP contribution < -0.4 is 5.32 Å². The van der Waals surface area contributed by atoms with E-state index >= 15 is 0 Å². The normalized spacial score (nSPS) is 11.2. The second-order valence-electron chi connectivity index (χ2n) is 4.94. The van der Waals surface area contributed by atoms with E-state index in [0.29, 0.717) is 0 Å². The van der Waals surface area contributed by atoms with Crippen molar-refractivity contribution < 1.29 is 0 Å². The van der Waals surface area contributed by atoms with Gasteiger partial charge in [-0.25, -0.2) is 0 Å². The second kappa shape index (κ2) is 6.20. The summed E-state index contributed by atoms with van der Waals surface area (Å²) in [6, 6.07) is 10.6. The molecule has 0 bridgehead atoms. The molecule has 3 rings (SSSR count). The predicted octanol–water partition coefficient (Wildman–Crippen LogP) is 3.65. The fourth-order valence-electron chi connectivity index (χ4n) is 2.31. The quantitative estimate of drug-likeness (QED) is 0.701. The van der Waals surface area contributed by atoms with Gasteiger partial charge in [0.25, 0.3) is 0 Å². The van der Waals surface area contributed by atoms with Crippen molar-refractivity contribution in [1.29, 1.82) is 0 Å². The molecule has 3 nitrogen and oxygen atoms in total. The number of nitrogens with zero attached hydrogens (tertiary/aromatic N) is 2. The maximum absolute atomic E-state index is 4.62. The van der Waals surface area contributed by atoms with E-state index in [1.165, 1.54) is 15.6 Å². The Bertz CT molecular complexity index is 684. The first kappa shape index (κ1) is 13.3. The van der Waals surface area contributed by atoms with E-state index in [0.717, 1.165) is 31.7 Å². The summed E-state index contributed by atoms with van der Waals surface area (Å²) in [4.78, 5) is 0. The van der Waals surface area contributed by atoms with Gasteiger partial charge in [-0.1, -0.05) is 25.1 Å². The fourth-order valence-corrected chi connectivity index (χ4v) is 3.26. The summed E-state index contributed by atoms with van der Waals surface area (Å²) < 4.78 is 3.37. The molecule has 1 aromatic carbocycles. The van der Waals surface area contributed by atoms with Crippen molar-refractivity contribution in [1.82, 2.24) is 15.1 Å². The number of fused-ring (bicyclic) bond motifs is 1. The van der Waals surface area contributed by atoms with E-state index < -0.39 is 0 Å².